The number of benzene rings is 1. The zero-order valence-corrected chi connectivity index (χ0v) is 14.4. The van der Waals surface area contributed by atoms with Gasteiger partial charge in [0.25, 0.3) is 0 Å². The van der Waals surface area contributed by atoms with Crippen LogP contribution in [0, 0.1) is 0 Å². The molecule has 5 nitrogen and oxygen atoms in total. The van der Waals surface area contributed by atoms with Gasteiger partial charge in [-0.15, -0.1) is 0 Å². The first-order chi connectivity index (χ1) is 11.1. The molecule has 2 rings (SSSR count). The number of nitrogens with one attached hydrogen (secondary N) is 2. The molecule has 0 aliphatic carbocycles. The van der Waals surface area contributed by atoms with Crippen molar-refractivity contribution < 1.29 is 14.3 Å². The molecule has 5 heteroatoms. The van der Waals surface area contributed by atoms with Crippen LogP contribution in [0.15, 0.2) is 18.2 Å². The molecule has 1 aromatic rings. The van der Waals surface area contributed by atoms with Gasteiger partial charge in [-0.05, 0) is 51.4 Å². The number of anilines is 1. The van der Waals surface area contributed by atoms with Crippen LogP contribution in [0.5, 0.6) is 5.75 Å². The highest BCUT2D eigenvalue weighted by molar-refractivity contribution is 6.01. The van der Waals surface area contributed by atoms with Crippen LogP contribution in [0.1, 0.15) is 44.0 Å². The van der Waals surface area contributed by atoms with E-state index in [9.17, 15) is 4.79 Å². The first-order valence-electron chi connectivity index (χ1n) is 8.51. The molecule has 1 aliphatic heterocycles. The van der Waals surface area contributed by atoms with E-state index in [1.54, 1.807) is 0 Å². The summed E-state index contributed by atoms with van der Waals surface area (Å²) in [5.41, 5.74) is 1.63. The van der Waals surface area contributed by atoms with Crippen molar-refractivity contribution in [3.05, 3.63) is 23.8 Å². The molecular formula is C18H28N2O3. The maximum Gasteiger partial charge on any atom is 0.179 e. The van der Waals surface area contributed by atoms with Crippen molar-refractivity contribution in [2.24, 2.45) is 0 Å². The summed E-state index contributed by atoms with van der Waals surface area (Å²) in [6.45, 7) is 9.02. The van der Waals surface area contributed by atoms with Gasteiger partial charge < -0.3 is 20.1 Å². The molecule has 0 aromatic heterocycles. The van der Waals surface area contributed by atoms with E-state index in [0.29, 0.717) is 6.61 Å². The van der Waals surface area contributed by atoms with Crippen molar-refractivity contribution in [2.45, 2.75) is 45.8 Å². The van der Waals surface area contributed by atoms with Gasteiger partial charge in [-0.3, -0.25) is 4.79 Å². The van der Waals surface area contributed by atoms with Crippen LogP contribution in [-0.4, -0.2) is 44.2 Å². The number of carbonyl (C=O) groups excluding carboxylic acids is 1. The Morgan fingerprint density at radius 2 is 2.26 bits per heavy atom. The van der Waals surface area contributed by atoms with Gasteiger partial charge in [0.15, 0.2) is 5.78 Å². The summed E-state index contributed by atoms with van der Waals surface area (Å²) in [6.07, 6.45) is 1.93. The lowest BCUT2D eigenvalue weighted by Gasteiger charge is -2.21. The highest BCUT2D eigenvalue weighted by atomic mass is 16.5. The topological polar surface area (TPSA) is 59.6 Å². The van der Waals surface area contributed by atoms with Crippen molar-refractivity contribution >= 4 is 11.5 Å². The van der Waals surface area contributed by atoms with Crippen LogP contribution in [0.25, 0.3) is 0 Å². The quantitative estimate of drug-likeness (QED) is 0.541. The van der Waals surface area contributed by atoms with Crippen LogP contribution in [0.4, 0.5) is 5.69 Å². The van der Waals surface area contributed by atoms with Gasteiger partial charge in [-0.25, -0.2) is 0 Å². The van der Waals surface area contributed by atoms with Crippen LogP contribution in [0.3, 0.4) is 0 Å². The van der Waals surface area contributed by atoms with E-state index in [4.69, 9.17) is 9.47 Å². The first-order valence-corrected chi connectivity index (χ1v) is 8.51. The molecular weight excluding hydrogens is 292 g/mol. The molecule has 1 aliphatic rings. The summed E-state index contributed by atoms with van der Waals surface area (Å²) in [4.78, 5) is 12.7. The molecule has 0 saturated heterocycles. The van der Waals surface area contributed by atoms with E-state index in [1.807, 2.05) is 39.0 Å². The summed E-state index contributed by atoms with van der Waals surface area (Å²) in [7, 11) is 0. The molecule has 0 saturated carbocycles. The van der Waals surface area contributed by atoms with Crippen molar-refractivity contribution in [3.8, 4) is 5.75 Å². The minimum Gasteiger partial charge on any atom is -0.490 e. The Balaban J connectivity index is 1.89. The normalized spacial score (nSPS) is 14.8. The molecule has 128 valence electrons. The lowest BCUT2D eigenvalue weighted by Crippen LogP contribution is -2.37. The number of ketones is 1. The fraction of sp³-hybridized carbons (Fsp3) is 0.611. The van der Waals surface area contributed by atoms with Gasteiger partial charge >= 0.3 is 0 Å². The minimum atomic E-state index is -0.156. The average molecular weight is 320 g/mol. The molecule has 0 amide bonds. The predicted molar refractivity (Wildman–Crippen MR) is 92.5 cm³/mol. The van der Waals surface area contributed by atoms with E-state index < -0.39 is 0 Å². The fourth-order valence-corrected chi connectivity index (χ4v) is 2.59. The molecule has 0 fully saturated rings. The van der Waals surface area contributed by atoms with Crippen LogP contribution >= 0.6 is 0 Å². The number of rotatable bonds is 9. The van der Waals surface area contributed by atoms with Crippen molar-refractivity contribution in [1.29, 1.82) is 0 Å². The van der Waals surface area contributed by atoms with Crippen LogP contribution in [-0.2, 0) is 4.74 Å². The third-order valence-electron chi connectivity index (χ3n) is 3.83. The van der Waals surface area contributed by atoms with Crippen molar-refractivity contribution in [2.75, 3.05) is 31.6 Å². The fourth-order valence-electron chi connectivity index (χ4n) is 2.59. The Kier molecular flexibility index (Phi) is 6.86. The average Bonchev–Trinajstić information content (AvgIpc) is 2.57. The number of carbonyl (C=O) groups is 1. The molecule has 1 heterocycles. The van der Waals surface area contributed by atoms with E-state index in [0.717, 1.165) is 49.5 Å². The SMILES string of the molecule is CCC(NCCCOC(C)C)C(=O)c1ccc2c(c1)NCCO2. The lowest BCUT2D eigenvalue weighted by molar-refractivity contribution is 0.0757. The second-order valence-electron chi connectivity index (χ2n) is 6.04. The summed E-state index contributed by atoms with van der Waals surface area (Å²) < 4.78 is 11.1. The Bertz CT molecular complexity index is 517. The molecule has 2 N–H and O–H groups in total. The highest BCUT2D eigenvalue weighted by Crippen LogP contribution is 2.28. The highest BCUT2D eigenvalue weighted by Gasteiger charge is 2.19. The van der Waals surface area contributed by atoms with Gasteiger partial charge in [-0.2, -0.15) is 0 Å². The zero-order chi connectivity index (χ0) is 16.7. The molecule has 0 spiro atoms. The zero-order valence-electron chi connectivity index (χ0n) is 14.4. The smallest absolute Gasteiger partial charge is 0.179 e. The van der Waals surface area contributed by atoms with Gasteiger partial charge in [-0.1, -0.05) is 6.92 Å². The standard InChI is InChI=1S/C18H28N2O3/c1-4-15(19-8-5-10-22-13(2)3)18(21)14-6-7-17-16(12-14)20-9-11-23-17/h6-7,12-13,15,19-20H,4-5,8-11H2,1-3H3. The maximum absolute atomic E-state index is 12.7. The summed E-state index contributed by atoms with van der Waals surface area (Å²) in [5.74, 6) is 0.951. The first kappa shape index (κ1) is 17.8. The number of Topliss-reactive ketones (excluding diaryl/α,β-unsaturated/α-hetero) is 1. The van der Waals surface area contributed by atoms with E-state index in [-0.39, 0.29) is 17.9 Å². The molecule has 1 aromatic carbocycles. The molecule has 0 bridgehead atoms. The molecule has 1 atom stereocenters. The monoisotopic (exact) mass is 320 g/mol. The Morgan fingerprint density at radius 3 is 3.00 bits per heavy atom. The predicted octanol–water partition coefficient (Wildman–Crippen LogP) is 2.86. The Hall–Kier alpha value is -1.59. The van der Waals surface area contributed by atoms with Gasteiger partial charge in [0.05, 0.1) is 17.8 Å². The van der Waals surface area contributed by atoms with Crippen molar-refractivity contribution in [3.63, 3.8) is 0 Å². The summed E-state index contributed by atoms with van der Waals surface area (Å²) in [5, 5.41) is 6.61. The van der Waals surface area contributed by atoms with E-state index >= 15 is 0 Å². The number of ether oxygens (including phenoxy) is 2. The van der Waals surface area contributed by atoms with Gasteiger partial charge in [0.1, 0.15) is 12.4 Å². The van der Waals surface area contributed by atoms with Crippen LogP contribution in [0.2, 0.25) is 0 Å². The second-order valence-corrected chi connectivity index (χ2v) is 6.04. The minimum absolute atomic E-state index is 0.132. The van der Waals surface area contributed by atoms with Crippen molar-refractivity contribution in [1.82, 2.24) is 5.32 Å². The summed E-state index contributed by atoms with van der Waals surface area (Å²) >= 11 is 0. The third-order valence-corrected chi connectivity index (χ3v) is 3.83. The molecule has 23 heavy (non-hydrogen) atoms. The van der Waals surface area contributed by atoms with Gasteiger partial charge in [0, 0.05) is 18.7 Å². The lowest BCUT2D eigenvalue weighted by atomic mass is 10.0. The Morgan fingerprint density at radius 1 is 1.43 bits per heavy atom. The van der Waals surface area contributed by atoms with E-state index in [1.165, 1.54) is 0 Å². The largest absolute Gasteiger partial charge is 0.490 e. The van der Waals surface area contributed by atoms with Crippen LogP contribution < -0.4 is 15.4 Å². The maximum atomic E-state index is 12.7. The number of hydrogen-bond acceptors (Lipinski definition) is 5. The number of hydrogen-bond donors (Lipinski definition) is 2. The summed E-state index contributed by atoms with van der Waals surface area (Å²) in [6, 6.07) is 5.46. The third kappa shape index (κ3) is 5.22. The second kappa shape index (κ2) is 8.89. The molecule has 0 radical (unpaired) electrons. The number of fused-ring (bicyclic) bond motifs is 1. The Labute approximate surface area is 138 Å². The van der Waals surface area contributed by atoms with Gasteiger partial charge in [0.2, 0.25) is 0 Å². The molecule has 1 unspecified atom stereocenters. The van der Waals surface area contributed by atoms with E-state index in [2.05, 4.69) is 10.6 Å².